The summed E-state index contributed by atoms with van der Waals surface area (Å²) in [5, 5.41) is 12.2. The normalized spacial score (nSPS) is 10.9. The Kier molecular flexibility index (Phi) is 5.65. The zero-order valence-electron chi connectivity index (χ0n) is 12.1. The molecule has 1 rings (SSSR count). The van der Waals surface area contributed by atoms with Crippen molar-refractivity contribution in [1.29, 1.82) is 5.26 Å². The lowest BCUT2D eigenvalue weighted by Gasteiger charge is -2.20. The van der Waals surface area contributed by atoms with Crippen LogP contribution in [0.25, 0.3) is 0 Å². The highest BCUT2D eigenvalue weighted by atomic mass is 16.5. The van der Waals surface area contributed by atoms with E-state index in [1.54, 1.807) is 25.3 Å². The Balaban J connectivity index is 2.43. The summed E-state index contributed by atoms with van der Waals surface area (Å²) in [6.07, 6.45) is 0.917. The first kappa shape index (κ1) is 15.3. The fourth-order valence-electron chi connectivity index (χ4n) is 1.57. The summed E-state index contributed by atoms with van der Waals surface area (Å²) in [7, 11) is 1.57. The molecule has 104 valence electrons. The zero-order valence-corrected chi connectivity index (χ0v) is 12.1. The van der Waals surface area contributed by atoms with Crippen LogP contribution in [-0.2, 0) is 0 Å². The third kappa shape index (κ3) is 5.62. The minimum atomic E-state index is 0.131. The quantitative estimate of drug-likeness (QED) is 0.801. The van der Waals surface area contributed by atoms with Gasteiger partial charge in [-0.1, -0.05) is 0 Å². The Bertz CT molecular complexity index is 444. The van der Waals surface area contributed by atoms with E-state index in [1.165, 1.54) is 0 Å². The summed E-state index contributed by atoms with van der Waals surface area (Å²) in [4.78, 5) is 0. The van der Waals surface area contributed by atoms with Gasteiger partial charge in [0.15, 0.2) is 11.5 Å². The molecule has 0 aliphatic rings. The molecule has 0 saturated carbocycles. The molecule has 0 amide bonds. The van der Waals surface area contributed by atoms with E-state index in [4.69, 9.17) is 14.7 Å². The van der Waals surface area contributed by atoms with Crippen molar-refractivity contribution in [2.75, 3.05) is 20.3 Å². The number of methoxy groups -OCH3 is 1. The predicted octanol–water partition coefficient (Wildman–Crippen LogP) is 2.72. The summed E-state index contributed by atoms with van der Waals surface area (Å²) in [6, 6.07) is 7.26. The minimum Gasteiger partial charge on any atom is -0.493 e. The molecule has 0 atom stereocenters. The molecule has 0 bridgehead atoms. The molecule has 0 saturated heterocycles. The number of ether oxygens (including phenoxy) is 2. The van der Waals surface area contributed by atoms with Crippen LogP contribution in [0.4, 0.5) is 0 Å². The Morgan fingerprint density at radius 3 is 2.58 bits per heavy atom. The van der Waals surface area contributed by atoms with Crippen LogP contribution in [0.1, 0.15) is 32.8 Å². The van der Waals surface area contributed by atoms with Gasteiger partial charge in [0.2, 0.25) is 0 Å². The van der Waals surface area contributed by atoms with Crippen molar-refractivity contribution in [3.05, 3.63) is 23.8 Å². The molecule has 1 aromatic carbocycles. The molecule has 0 aliphatic heterocycles. The standard InChI is InChI=1S/C15H22N2O2/c1-15(2,3)17-8-5-9-19-13-7-6-12(11-16)10-14(13)18-4/h6-7,10,17H,5,8-9H2,1-4H3. The lowest BCUT2D eigenvalue weighted by atomic mass is 10.1. The number of rotatable bonds is 6. The molecule has 4 heteroatoms. The van der Waals surface area contributed by atoms with E-state index in [2.05, 4.69) is 32.2 Å². The van der Waals surface area contributed by atoms with Gasteiger partial charge in [0.05, 0.1) is 25.3 Å². The number of hydrogen-bond donors (Lipinski definition) is 1. The summed E-state index contributed by atoms with van der Waals surface area (Å²) < 4.78 is 10.9. The highest BCUT2D eigenvalue weighted by molar-refractivity contribution is 5.46. The Morgan fingerprint density at radius 1 is 1.26 bits per heavy atom. The Hall–Kier alpha value is -1.73. The minimum absolute atomic E-state index is 0.131. The number of nitriles is 1. The van der Waals surface area contributed by atoms with Crippen LogP contribution in [0.3, 0.4) is 0 Å². The fourth-order valence-corrected chi connectivity index (χ4v) is 1.57. The van der Waals surface area contributed by atoms with E-state index in [0.29, 0.717) is 23.7 Å². The Labute approximate surface area is 115 Å². The second kappa shape index (κ2) is 7.01. The molecular formula is C15H22N2O2. The molecule has 0 fully saturated rings. The molecule has 1 aromatic rings. The lowest BCUT2D eigenvalue weighted by molar-refractivity contribution is 0.281. The van der Waals surface area contributed by atoms with Crippen molar-refractivity contribution in [2.24, 2.45) is 0 Å². The van der Waals surface area contributed by atoms with E-state index in [-0.39, 0.29) is 5.54 Å². The molecule has 0 unspecified atom stereocenters. The van der Waals surface area contributed by atoms with Crippen molar-refractivity contribution in [3.8, 4) is 17.6 Å². The van der Waals surface area contributed by atoms with Gasteiger partial charge in [-0.2, -0.15) is 5.26 Å². The van der Waals surface area contributed by atoms with E-state index in [9.17, 15) is 0 Å². The van der Waals surface area contributed by atoms with Crippen LogP contribution in [0.5, 0.6) is 11.5 Å². The van der Waals surface area contributed by atoms with Crippen LogP contribution in [0, 0.1) is 11.3 Å². The summed E-state index contributed by atoms with van der Waals surface area (Å²) in [5.41, 5.74) is 0.699. The SMILES string of the molecule is COc1cc(C#N)ccc1OCCCNC(C)(C)C. The van der Waals surface area contributed by atoms with Crippen molar-refractivity contribution < 1.29 is 9.47 Å². The van der Waals surface area contributed by atoms with Crippen molar-refractivity contribution >= 4 is 0 Å². The van der Waals surface area contributed by atoms with Crippen LogP contribution in [0.15, 0.2) is 18.2 Å². The van der Waals surface area contributed by atoms with Crippen molar-refractivity contribution in [3.63, 3.8) is 0 Å². The first-order valence-corrected chi connectivity index (χ1v) is 6.42. The van der Waals surface area contributed by atoms with Crippen LogP contribution >= 0.6 is 0 Å². The van der Waals surface area contributed by atoms with Gasteiger partial charge in [0, 0.05) is 11.6 Å². The number of hydrogen-bond acceptors (Lipinski definition) is 4. The monoisotopic (exact) mass is 262 g/mol. The lowest BCUT2D eigenvalue weighted by Crippen LogP contribution is -2.36. The third-order valence-electron chi connectivity index (χ3n) is 2.53. The number of benzene rings is 1. The predicted molar refractivity (Wildman–Crippen MR) is 75.6 cm³/mol. The van der Waals surface area contributed by atoms with E-state index in [1.807, 2.05) is 0 Å². The average Bonchev–Trinajstić information content (AvgIpc) is 2.37. The summed E-state index contributed by atoms with van der Waals surface area (Å²) in [5.74, 6) is 1.28. The second-order valence-corrected chi connectivity index (χ2v) is 5.36. The van der Waals surface area contributed by atoms with Gasteiger partial charge in [-0.3, -0.25) is 0 Å². The topological polar surface area (TPSA) is 54.3 Å². The molecule has 19 heavy (non-hydrogen) atoms. The van der Waals surface area contributed by atoms with Gasteiger partial charge in [0.1, 0.15) is 0 Å². The van der Waals surface area contributed by atoms with Crippen LogP contribution in [-0.4, -0.2) is 25.8 Å². The molecule has 0 aromatic heterocycles. The van der Waals surface area contributed by atoms with Gasteiger partial charge in [-0.15, -0.1) is 0 Å². The van der Waals surface area contributed by atoms with E-state index < -0.39 is 0 Å². The molecule has 0 spiro atoms. The van der Waals surface area contributed by atoms with Gasteiger partial charge >= 0.3 is 0 Å². The molecule has 0 radical (unpaired) electrons. The molecule has 0 heterocycles. The van der Waals surface area contributed by atoms with E-state index in [0.717, 1.165) is 13.0 Å². The third-order valence-corrected chi connectivity index (χ3v) is 2.53. The number of nitrogens with zero attached hydrogens (tertiary/aromatic N) is 1. The maximum absolute atomic E-state index is 8.82. The zero-order chi connectivity index (χ0) is 14.3. The second-order valence-electron chi connectivity index (χ2n) is 5.36. The summed E-state index contributed by atoms with van der Waals surface area (Å²) in [6.45, 7) is 7.93. The fraction of sp³-hybridized carbons (Fsp3) is 0.533. The highest BCUT2D eigenvalue weighted by Crippen LogP contribution is 2.27. The maximum atomic E-state index is 8.82. The highest BCUT2D eigenvalue weighted by Gasteiger charge is 2.08. The number of nitrogens with one attached hydrogen (secondary N) is 1. The summed E-state index contributed by atoms with van der Waals surface area (Å²) >= 11 is 0. The first-order chi connectivity index (χ1) is 8.96. The van der Waals surface area contributed by atoms with Gasteiger partial charge in [-0.05, 0) is 45.9 Å². The van der Waals surface area contributed by atoms with E-state index >= 15 is 0 Å². The maximum Gasteiger partial charge on any atom is 0.162 e. The van der Waals surface area contributed by atoms with Gasteiger partial charge < -0.3 is 14.8 Å². The largest absolute Gasteiger partial charge is 0.493 e. The Morgan fingerprint density at radius 2 is 2.00 bits per heavy atom. The van der Waals surface area contributed by atoms with Gasteiger partial charge in [0.25, 0.3) is 0 Å². The average molecular weight is 262 g/mol. The molecule has 1 N–H and O–H groups in total. The van der Waals surface area contributed by atoms with Crippen LogP contribution < -0.4 is 14.8 Å². The molecule has 0 aliphatic carbocycles. The van der Waals surface area contributed by atoms with Gasteiger partial charge in [-0.25, -0.2) is 0 Å². The smallest absolute Gasteiger partial charge is 0.162 e. The molecule has 4 nitrogen and oxygen atoms in total. The van der Waals surface area contributed by atoms with Crippen LogP contribution in [0.2, 0.25) is 0 Å². The van der Waals surface area contributed by atoms with Crippen molar-refractivity contribution in [1.82, 2.24) is 5.32 Å². The first-order valence-electron chi connectivity index (χ1n) is 6.42. The molecular weight excluding hydrogens is 240 g/mol. The van der Waals surface area contributed by atoms with Crippen molar-refractivity contribution in [2.45, 2.75) is 32.7 Å².